The Hall–Kier alpha value is -1.88. The van der Waals surface area contributed by atoms with Crippen molar-refractivity contribution < 1.29 is 14.6 Å². The van der Waals surface area contributed by atoms with Gasteiger partial charge in [-0.15, -0.1) is 0 Å². The zero-order valence-electron chi connectivity index (χ0n) is 16.7. The van der Waals surface area contributed by atoms with Gasteiger partial charge in [-0.05, 0) is 48.9 Å². The number of benzene rings is 2. The molecule has 0 aromatic heterocycles. The highest BCUT2D eigenvalue weighted by Gasteiger charge is 2.46. The summed E-state index contributed by atoms with van der Waals surface area (Å²) in [5.74, 6) is 0.825. The lowest BCUT2D eigenvalue weighted by atomic mass is 9.72. The quantitative estimate of drug-likeness (QED) is 0.733. The Morgan fingerprint density at radius 1 is 0.964 bits per heavy atom. The van der Waals surface area contributed by atoms with Gasteiger partial charge in [0.15, 0.2) is 0 Å². The van der Waals surface area contributed by atoms with Crippen molar-refractivity contribution in [1.29, 1.82) is 0 Å². The molecule has 0 spiro atoms. The molecule has 2 saturated heterocycles. The van der Waals surface area contributed by atoms with Gasteiger partial charge < -0.3 is 14.6 Å². The fourth-order valence-corrected chi connectivity index (χ4v) is 4.91. The third-order valence-corrected chi connectivity index (χ3v) is 6.32. The lowest BCUT2D eigenvalue weighted by Gasteiger charge is -2.52. The van der Waals surface area contributed by atoms with Gasteiger partial charge in [-0.3, -0.25) is 4.90 Å². The summed E-state index contributed by atoms with van der Waals surface area (Å²) in [6, 6.07) is 19.6. The lowest BCUT2D eigenvalue weighted by Crippen LogP contribution is -2.56. The topological polar surface area (TPSA) is 41.9 Å². The molecule has 2 unspecified atom stereocenters. The summed E-state index contributed by atoms with van der Waals surface area (Å²) in [5.41, 5.74) is 1.64. The Kier molecular flexibility index (Phi) is 6.00. The van der Waals surface area contributed by atoms with Crippen LogP contribution in [0.4, 0.5) is 0 Å². The van der Waals surface area contributed by atoms with Crippen molar-refractivity contribution >= 4 is 0 Å². The maximum atomic E-state index is 11.5. The maximum absolute atomic E-state index is 11.5. The van der Waals surface area contributed by atoms with E-state index in [9.17, 15) is 5.11 Å². The SMILES string of the molecule is COCCOc1ccc(C2(O)CC3CCCC(C2)N3Cc2ccccc2)cc1. The molecule has 2 atom stereocenters. The van der Waals surface area contributed by atoms with Crippen LogP contribution in [0.1, 0.15) is 43.2 Å². The first-order valence-electron chi connectivity index (χ1n) is 10.4. The average Bonchev–Trinajstić information content (AvgIpc) is 2.70. The van der Waals surface area contributed by atoms with E-state index in [1.807, 2.05) is 24.3 Å². The van der Waals surface area contributed by atoms with E-state index >= 15 is 0 Å². The van der Waals surface area contributed by atoms with Crippen molar-refractivity contribution in [1.82, 2.24) is 4.90 Å². The highest BCUT2D eigenvalue weighted by Crippen LogP contribution is 2.45. The number of aliphatic hydroxyl groups is 1. The molecule has 0 saturated carbocycles. The Balaban J connectivity index is 1.46. The summed E-state index contributed by atoms with van der Waals surface area (Å²) in [7, 11) is 1.67. The van der Waals surface area contributed by atoms with Gasteiger partial charge >= 0.3 is 0 Å². The first-order valence-corrected chi connectivity index (χ1v) is 10.4. The second-order valence-corrected chi connectivity index (χ2v) is 8.20. The Morgan fingerprint density at radius 2 is 1.64 bits per heavy atom. The monoisotopic (exact) mass is 381 g/mol. The van der Waals surface area contributed by atoms with E-state index < -0.39 is 5.60 Å². The standard InChI is InChI=1S/C24H31NO3/c1-27-14-15-28-23-12-10-20(11-13-23)24(26)16-21-8-5-9-22(17-24)25(21)18-19-6-3-2-4-7-19/h2-4,6-7,10-13,21-22,26H,5,8-9,14-18H2,1H3. The normalized spacial score (nSPS) is 27.5. The minimum Gasteiger partial charge on any atom is -0.491 e. The predicted molar refractivity (Wildman–Crippen MR) is 110 cm³/mol. The summed E-state index contributed by atoms with van der Waals surface area (Å²) in [6.45, 7) is 2.10. The highest BCUT2D eigenvalue weighted by molar-refractivity contribution is 5.32. The Labute approximate surface area is 168 Å². The molecule has 0 amide bonds. The molecule has 4 heteroatoms. The molecule has 0 aliphatic carbocycles. The molecular formula is C24H31NO3. The van der Waals surface area contributed by atoms with E-state index in [1.54, 1.807) is 7.11 Å². The molecule has 2 aromatic carbocycles. The van der Waals surface area contributed by atoms with Gasteiger partial charge in [0.05, 0.1) is 12.2 Å². The third kappa shape index (κ3) is 4.24. The van der Waals surface area contributed by atoms with Crippen molar-refractivity contribution in [2.24, 2.45) is 0 Å². The fraction of sp³-hybridized carbons (Fsp3) is 0.500. The molecular weight excluding hydrogens is 350 g/mol. The van der Waals surface area contributed by atoms with Gasteiger partial charge in [0.2, 0.25) is 0 Å². The van der Waals surface area contributed by atoms with E-state index in [0.717, 1.165) is 30.7 Å². The second-order valence-electron chi connectivity index (χ2n) is 8.20. The second kappa shape index (κ2) is 8.64. The largest absolute Gasteiger partial charge is 0.491 e. The zero-order valence-corrected chi connectivity index (χ0v) is 16.7. The summed E-state index contributed by atoms with van der Waals surface area (Å²) in [4.78, 5) is 2.63. The van der Waals surface area contributed by atoms with Crippen LogP contribution in [0, 0.1) is 0 Å². The van der Waals surface area contributed by atoms with Crippen molar-refractivity contribution in [3.05, 3.63) is 65.7 Å². The van der Waals surface area contributed by atoms with Crippen molar-refractivity contribution in [3.63, 3.8) is 0 Å². The predicted octanol–water partition coefficient (Wildman–Crippen LogP) is 4.12. The van der Waals surface area contributed by atoms with Crippen LogP contribution in [-0.4, -0.2) is 42.4 Å². The van der Waals surface area contributed by atoms with Crippen molar-refractivity contribution in [3.8, 4) is 5.75 Å². The van der Waals surface area contributed by atoms with Crippen molar-refractivity contribution in [2.45, 2.75) is 56.3 Å². The number of ether oxygens (including phenoxy) is 2. The molecule has 1 N–H and O–H groups in total. The van der Waals surface area contributed by atoms with Gasteiger partial charge in [-0.1, -0.05) is 48.9 Å². The molecule has 4 rings (SSSR count). The van der Waals surface area contributed by atoms with Crippen LogP contribution in [0.2, 0.25) is 0 Å². The molecule has 2 aliphatic rings. The van der Waals surface area contributed by atoms with Gasteiger partial charge in [0.25, 0.3) is 0 Å². The molecule has 150 valence electrons. The van der Waals surface area contributed by atoms with Gasteiger partial charge in [-0.2, -0.15) is 0 Å². The zero-order chi connectivity index (χ0) is 19.4. The number of methoxy groups -OCH3 is 1. The number of piperidine rings is 2. The summed E-state index contributed by atoms with van der Waals surface area (Å²) in [5, 5.41) is 11.5. The van der Waals surface area contributed by atoms with Crippen LogP contribution in [-0.2, 0) is 16.9 Å². The molecule has 2 bridgehead atoms. The lowest BCUT2D eigenvalue weighted by molar-refractivity contribution is -0.0999. The van der Waals surface area contributed by atoms with Crippen LogP contribution in [0.3, 0.4) is 0 Å². The molecule has 2 fully saturated rings. The fourth-order valence-electron chi connectivity index (χ4n) is 4.91. The average molecular weight is 382 g/mol. The Bertz CT molecular complexity index is 732. The number of rotatable bonds is 7. The first kappa shape index (κ1) is 19.4. The third-order valence-electron chi connectivity index (χ3n) is 6.32. The van der Waals surface area contributed by atoms with E-state index in [1.165, 1.54) is 24.8 Å². The van der Waals surface area contributed by atoms with Crippen LogP contribution >= 0.6 is 0 Å². The molecule has 0 radical (unpaired) electrons. The molecule has 28 heavy (non-hydrogen) atoms. The summed E-state index contributed by atoms with van der Waals surface area (Å²) in [6.07, 6.45) is 5.22. The first-order chi connectivity index (χ1) is 13.7. The van der Waals surface area contributed by atoms with Crippen LogP contribution in [0.25, 0.3) is 0 Å². The van der Waals surface area contributed by atoms with Gasteiger partial charge in [0, 0.05) is 25.7 Å². The minimum atomic E-state index is -0.742. The van der Waals surface area contributed by atoms with E-state index in [0.29, 0.717) is 25.3 Å². The molecule has 2 aliphatic heterocycles. The molecule has 2 aromatic rings. The van der Waals surface area contributed by atoms with E-state index in [-0.39, 0.29) is 0 Å². The smallest absolute Gasteiger partial charge is 0.119 e. The van der Waals surface area contributed by atoms with Crippen molar-refractivity contribution in [2.75, 3.05) is 20.3 Å². The van der Waals surface area contributed by atoms with E-state index in [2.05, 4.69) is 35.2 Å². The number of nitrogens with zero attached hydrogens (tertiary/aromatic N) is 1. The van der Waals surface area contributed by atoms with E-state index in [4.69, 9.17) is 9.47 Å². The summed E-state index contributed by atoms with van der Waals surface area (Å²) >= 11 is 0. The van der Waals surface area contributed by atoms with Crippen LogP contribution < -0.4 is 4.74 Å². The minimum absolute atomic E-state index is 0.440. The van der Waals surface area contributed by atoms with Gasteiger partial charge in [0.1, 0.15) is 12.4 Å². The molecule has 2 heterocycles. The number of hydrogen-bond donors (Lipinski definition) is 1. The summed E-state index contributed by atoms with van der Waals surface area (Å²) < 4.78 is 10.7. The Morgan fingerprint density at radius 3 is 2.29 bits per heavy atom. The molecule has 4 nitrogen and oxygen atoms in total. The van der Waals surface area contributed by atoms with Crippen LogP contribution in [0.15, 0.2) is 54.6 Å². The van der Waals surface area contributed by atoms with Gasteiger partial charge in [-0.25, -0.2) is 0 Å². The maximum Gasteiger partial charge on any atom is 0.119 e. The highest BCUT2D eigenvalue weighted by atomic mass is 16.5. The van der Waals surface area contributed by atoms with Crippen LogP contribution in [0.5, 0.6) is 5.75 Å². The number of fused-ring (bicyclic) bond motifs is 2. The number of hydrogen-bond acceptors (Lipinski definition) is 4.